The molecule has 0 aromatic heterocycles. The van der Waals surface area contributed by atoms with Crippen molar-refractivity contribution < 1.29 is 0 Å². The average Bonchev–Trinajstić information content (AvgIpc) is 2.78. The Morgan fingerprint density at radius 3 is 1.96 bits per heavy atom. The van der Waals surface area contributed by atoms with Gasteiger partial charge in [0.25, 0.3) is 0 Å². The van der Waals surface area contributed by atoms with Gasteiger partial charge in [0.05, 0.1) is 23.9 Å². The molecule has 0 bridgehead atoms. The molecule has 0 N–H and O–H groups in total. The number of hydrogen-bond acceptors (Lipinski definition) is 3. The summed E-state index contributed by atoms with van der Waals surface area (Å²) >= 11 is 6.54. The molecule has 138 valence electrons. The first-order chi connectivity index (χ1) is 11.4. The Morgan fingerprint density at radius 2 is 1.56 bits per heavy atom. The summed E-state index contributed by atoms with van der Waals surface area (Å²) in [4.78, 5) is 2.39. The van der Waals surface area contributed by atoms with E-state index in [1.807, 2.05) is 0 Å². The predicted octanol–water partition coefficient (Wildman–Crippen LogP) is 5.95. The first kappa shape index (κ1) is 20.3. The fraction of sp³-hybridized carbons (Fsp3) is 0.650. The maximum absolute atomic E-state index is 9.57. The van der Waals surface area contributed by atoms with Crippen LogP contribution in [0.25, 0.3) is 0 Å². The van der Waals surface area contributed by atoms with Crippen LogP contribution in [0.5, 0.6) is 0 Å². The summed E-state index contributed by atoms with van der Waals surface area (Å²) in [6.45, 7) is 18.0. The average molecular weight is 378 g/mol. The van der Waals surface area contributed by atoms with Gasteiger partial charge in [0.2, 0.25) is 0 Å². The fourth-order valence-electron chi connectivity index (χ4n) is 4.20. The van der Waals surface area contributed by atoms with Crippen LogP contribution in [0, 0.1) is 11.3 Å². The van der Waals surface area contributed by atoms with Gasteiger partial charge in [0, 0.05) is 22.5 Å². The third kappa shape index (κ3) is 3.11. The molecule has 1 unspecified atom stereocenters. The van der Waals surface area contributed by atoms with Crippen molar-refractivity contribution in [3.05, 3.63) is 24.3 Å². The van der Waals surface area contributed by atoms with E-state index in [1.54, 1.807) is 0 Å². The zero-order valence-electron chi connectivity index (χ0n) is 16.9. The molecule has 2 rings (SSSR count). The monoisotopic (exact) mass is 377 g/mol. The molecular weight excluding hydrogens is 345 g/mol. The number of benzene rings is 1. The van der Waals surface area contributed by atoms with E-state index >= 15 is 0 Å². The van der Waals surface area contributed by atoms with Gasteiger partial charge < -0.3 is 9.57 Å². The van der Waals surface area contributed by atoms with Crippen molar-refractivity contribution in [3.63, 3.8) is 0 Å². The van der Waals surface area contributed by atoms with Crippen LogP contribution in [0.4, 0.5) is 11.4 Å². The molecule has 0 saturated heterocycles. The number of para-hydroxylation sites is 2. The van der Waals surface area contributed by atoms with Gasteiger partial charge in [-0.2, -0.15) is 5.26 Å². The highest BCUT2D eigenvalue weighted by Gasteiger charge is 2.52. The maximum atomic E-state index is 9.57. The molecule has 0 saturated carbocycles. The molecule has 1 heterocycles. The highest BCUT2D eigenvalue weighted by molar-refractivity contribution is 8.16. The standard InChI is InChI=1S/C20H32N3PS/c1-15(2)22-16-11-9-10-12-17(16)23(18(22)13-14-21)24(25,19(3,4)5)20(6,7)8/h9-12,15,18H,13H2,1-8H3. The van der Waals surface area contributed by atoms with Crippen LogP contribution in [0.15, 0.2) is 24.3 Å². The summed E-state index contributed by atoms with van der Waals surface area (Å²) in [7, 11) is 0. The molecule has 1 aliphatic rings. The SMILES string of the molecule is CC(C)N1c2ccccc2N(P(=S)(C(C)(C)C)C(C)(C)C)C1CC#N. The van der Waals surface area contributed by atoms with E-state index in [2.05, 4.69) is 95.3 Å². The summed E-state index contributed by atoms with van der Waals surface area (Å²) < 4.78 is 2.47. The van der Waals surface area contributed by atoms with Gasteiger partial charge in [-0.15, -0.1) is 0 Å². The molecule has 5 heteroatoms. The molecule has 1 aromatic carbocycles. The highest BCUT2D eigenvalue weighted by atomic mass is 32.4. The van der Waals surface area contributed by atoms with Crippen LogP contribution in [0.3, 0.4) is 0 Å². The van der Waals surface area contributed by atoms with Crippen LogP contribution in [0.2, 0.25) is 0 Å². The quantitative estimate of drug-likeness (QED) is 0.609. The summed E-state index contributed by atoms with van der Waals surface area (Å²) in [6.07, 6.45) is -1.59. The van der Waals surface area contributed by atoms with Gasteiger partial charge in [-0.05, 0) is 26.0 Å². The summed E-state index contributed by atoms with van der Waals surface area (Å²) in [6, 6.07) is 11.3. The number of anilines is 2. The lowest BCUT2D eigenvalue weighted by Gasteiger charge is -2.53. The topological polar surface area (TPSA) is 30.3 Å². The maximum Gasteiger partial charge on any atom is 0.119 e. The fourth-order valence-corrected chi connectivity index (χ4v) is 9.13. The van der Waals surface area contributed by atoms with Gasteiger partial charge in [0.1, 0.15) is 6.17 Å². The Labute approximate surface area is 159 Å². The molecule has 1 aromatic rings. The lowest BCUT2D eigenvalue weighted by Crippen LogP contribution is -2.49. The largest absolute Gasteiger partial charge is 0.346 e. The van der Waals surface area contributed by atoms with Crippen LogP contribution in [-0.4, -0.2) is 22.5 Å². The molecule has 25 heavy (non-hydrogen) atoms. The van der Waals surface area contributed by atoms with E-state index in [0.29, 0.717) is 12.5 Å². The number of nitrogens with zero attached hydrogens (tertiary/aromatic N) is 3. The normalized spacial score (nSPS) is 18.5. The van der Waals surface area contributed by atoms with Crippen molar-refractivity contribution in [1.29, 1.82) is 5.26 Å². The lowest BCUT2D eigenvalue weighted by molar-refractivity contribution is 0.579. The third-order valence-electron chi connectivity index (χ3n) is 4.96. The van der Waals surface area contributed by atoms with Gasteiger partial charge in [-0.3, -0.25) is 0 Å². The summed E-state index contributed by atoms with van der Waals surface area (Å²) in [5.74, 6) is 0. The van der Waals surface area contributed by atoms with Crippen molar-refractivity contribution in [2.45, 2.75) is 84.3 Å². The molecule has 0 fully saturated rings. The summed E-state index contributed by atoms with van der Waals surface area (Å²) in [5.41, 5.74) is 2.41. The van der Waals surface area contributed by atoms with Gasteiger partial charge >= 0.3 is 0 Å². The minimum Gasteiger partial charge on any atom is -0.346 e. The van der Waals surface area contributed by atoms with Gasteiger partial charge in [-0.25, -0.2) is 0 Å². The highest BCUT2D eigenvalue weighted by Crippen LogP contribution is 2.73. The van der Waals surface area contributed by atoms with E-state index < -0.39 is 6.19 Å². The van der Waals surface area contributed by atoms with Crippen LogP contribution < -0.4 is 9.57 Å². The van der Waals surface area contributed by atoms with Crippen molar-refractivity contribution in [1.82, 2.24) is 0 Å². The minimum absolute atomic E-state index is 0.00619. The summed E-state index contributed by atoms with van der Waals surface area (Å²) in [5, 5.41) is 9.50. The van der Waals surface area contributed by atoms with Crippen LogP contribution in [0.1, 0.15) is 61.8 Å². The second kappa shape index (κ2) is 6.60. The first-order valence-electron chi connectivity index (χ1n) is 9.02. The van der Waals surface area contributed by atoms with Gasteiger partial charge in [0.15, 0.2) is 0 Å². The molecule has 0 amide bonds. The van der Waals surface area contributed by atoms with Crippen LogP contribution in [-0.2, 0) is 11.8 Å². The number of nitriles is 1. The third-order valence-corrected chi connectivity index (χ3v) is 13.5. The first-order valence-corrected chi connectivity index (χ1v) is 11.8. The smallest absolute Gasteiger partial charge is 0.119 e. The molecular formula is C20H32N3PS. The van der Waals surface area contributed by atoms with E-state index in [0.717, 1.165) is 0 Å². The van der Waals surface area contributed by atoms with Crippen molar-refractivity contribution in [3.8, 4) is 6.07 Å². The number of fused-ring (bicyclic) bond motifs is 1. The minimum atomic E-state index is -2.06. The number of hydrogen-bond donors (Lipinski definition) is 0. The van der Waals surface area contributed by atoms with Crippen LogP contribution >= 0.6 is 6.19 Å². The molecule has 0 radical (unpaired) electrons. The lowest BCUT2D eigenvalue weighted by atomic mass is 10.2. The van der Waals surface area contributed by atoms with E-state index in [9.17, 15) is 5.26 Å². The van der Waals surface area contributed by atoms with E-state index in [1.165, 1.54) is 11.4 Å². The zero-order chi connectivity index (χ0) is 19.2. The Bertz CT molecular complexity index is 704. The Balaban J connectivity index is 2.81. The van der Waals surface area contributed by atoms with Crippen molar-refractivity contribution in [2.24, 2.45) is 0 Å². The zero-order valence-corrected chi connectivity index (χ0v) is 18.6. The molecule has 1 atom stereocenters. The number of rotatable bonds is 3. The van der Waals surface area contributed by atoms with E-state index in [-0.39, 0.29) is 16.5 Å². The second-order valence-corrected chi connectivity index (χ2v) is 14.9. The van der Waals surface area contributed by atoms with Crippen molar-refractivity contribution >= 4 is 29.4 Å². The van der Waals surface area contributed by atoms with Gasteiger partial charge in [-0.1, -0.05) is 65.5 Å². The van der Waals surface area contributed by atoms with E-state index in [4.69, 9.17) is 11.8 Å². The Hall–Kier alpha value is -1.04. The molecule has 3 nitrogen and oxygen atoms in total. The Kier molecular flexibility index (Phi) is 5.35. The second-order valence-electron chi connectivity index (χ2n) is 9.09. The Morgan fingerprint density at radius 1 is 1.08 bits per heavy atom. The molecule has 1 aliphatic heterocycles. The molecule has 0 spiro atoms. The predicted molar refractivity (Wildman–Crippen MR) is 114 cm³/mol. The molecule has 0 aliphatic carbocycles. The van der Waals surface area contributed by atoms with Crippen molar-refractivity contribution in [2.75, 3.05) is 9.57 Å².